The Bertz CT molecular complexity index is 255. The summed E-state index contributed by atoms with van der Waals surface area (Å²) in [6, 6.07) is 0.357. The molecule has 4 nitrogen and oxygen atoms in total. The van der Waals surface area contributed by atoms with Crippen molar-refractivity contribution in [3.63, 3.8) is 0 Å². The quantitative estimate of drug-likeness (QED) is 0.686. The van der Waals surface area contributed by atoms with Crippen molar-refractivity contribution in [1.29, 1.82) is 0 Å². The predicted molar refractivity (Wildman–Crippen MR) is 66.8 cm³/mol. The van der Waals surface area contributed by atoms with E-state index >= 15 is 0 Å². The summed E-state index contributed by atoms with van der Waals surface area (Å²) in [6.45, 7) is 6.42. The molecule has 0 aliphatic heterocycles. The molecule has 0 aromatic heterocycles. The van der Waals surface area contributed by atoms with Crippen molar-refractivity contribution in [1.82, 2.24) is 5.32 Å². The first-order valence-corrected chi connectivity index (χ1v) is 6.51. The average molecular weight is 243 g/mol. The van der Waals surface area contributed by atoms with Crippen molar-refractivity contribution >= 4 is 5.97 Å². The topological polar surface area (TPSA) is 69.6 Å². The molecule has 1 saturated carbocycles. The van der Waals surface area contributed by atoms with Crippen molar-refractivity contribution in [2.45, 2.75) is 58.1 Å². The summed E-state index contributed by atoms with van der Waals surface area (Å²) in [5, 5.41) is 22.4. The van der Waals surface area contributed by atoms with Gasteiger partial charge in [-0.05, 0) is 38.5 Å². The number of carboxylic acid groups (broad SMARTS) is 1. The highest BCUT2D eigenvalue weighted by Crippen LogP contribution is 2.25. The predicted octanol–water partition coefficient (Wildman–Crippen LogP) is 1.63. The summed E-state index contributed by atoms with van der Waals surface area (Å²) < 4.78 is 0. The van der Waals surface area contributed by atoms with Gasteiger partial charge in [0.2, 0.25) is 0 Å². The van der Waals surface area contributed by atoms with Crippen LogP contribution in [0.2, 0.25) is 0 Å². The third kappa shape index (κ3) is 4.28. The molecule has 0 bridgehead atoms. The second-order valence-corrected chi connectivity index (χ2v) is 5.78. The van der Waals surface area contributed by atoms with E-state index in [0.717, 1.165) is 25.7 Å². The lowest BCUT2D eigenvalue weighted by molar-refractivity contribution is -0.142. The molecular formula is C13H25NO3. The average Bonchev–Trinajstić information content (AvgIpc) is 2.27. The molecule has 1 unspecified atom stereocenters. The van der Waals surface area contributed by atoms with Crippen molar-refractivity contribution in [2.24, 2.45) is 11.8 Å². The zero-order chi connectivity index (χ0) is 13.1. The molecule has 100 valence electrons. The summed E-state index contributed by atoms with van der Waals surface area (Å²) >= 11 is 0. The first-order valence-electron chi connectivity index (χ1n) is 6.51. The van der Waals surface area contributed by atoms with Crippen LogP contribution in [0.4, 0.5) is 0 Å². The van der Waals surface area contributed by atoms with Gasteiger partial charge in [0.25, 0.3) is 0 Å². The fourth-order valence-corrected chi connectivity index (χ4v) is 2.10. The molecule has 0 radical (unpaired) electrons. The van der Waals surface area contributed by atoms with E-state index < -0.39 is 11.6 Å². The maximum absolute atomic E-state index is 10.8. The summed E-state index contributed by atoms with van der Waals surface area (Å²) in [6.07, 6.45) is 3.28. The minimum atomic E-state index is -0.691. The lowest BCUT2D eigenvalue weighted by atomic mass is 9.85. The van der Waals surface area contributed by atoms with Gasteiger partial charge in [-0.15, -0.1) is 0 Å². The largest absolute Gasteiger partial charge is 0.481 e. The number of carbonyl (C=O) groups is 1. The van der Waals surface area contributed by atoms with Crippen LogP contribution in [0.3, 0.4) is 0 Å². The lowest BCUT2D eigenvalue weighted by Gasteiger charge is -2.33. The summed E-state index contributed by atoms with van der Waals surface area (Å²) in [7, 11) is 0. The van der Waals surface area contributed by atoms with E-state index in [1.165, 1.54) is 0 Å². The van der Waals surface area contributed by atoms with Gasteiger partial charge < -0.3 is 15.5 Å². The second kappa shape index (κ2) is 5.83. The normalized spacial score (nSPS) is 29.0. The van der Waals surface area contributed by atoms with Gasteiger partial charge in [0.05, 0.1) is 11.5 Å². The van der Waals surface area contributed by atoms with Crippen molar-refractivity contribution in [2.75, 3.05) is 6.54 Å². The summed E-state index contributed by atoms with van der Waals surface area (Å²) in [4.78, 5) is 10.8. The number of hydrogen-bond donors (Lipinski definition) is 3. The lowest BCUT2D eigenvalue weighted by Crippen LogP contribution is -2.46. The molecule has 0 heterocycles. The van der Waals surface area contributed by atoms with Crippen LogP contribution in [0.25, 0.3) is 0 Å². The molecule has 1 fully saturated rings. The Hall–Kier alpha value is -0.610. The van der Waals surface area contributed by atoms with Crippen molar-refractivity contribution in [3.05, 3.63) is 0 Å². The molecule has 3 N–H and O–H groups in total. The zero-order valence-corrected chi connectivity index (χ0v) is 11.1. The van der Waals surface area contributed by atoms with Crippen LogP contribution in [-0.2, 0) is 4.79 Å². The Morgan fingerprint density at radius 3 is 2.29 bits per heavy atom. The van der Waals surface area contributed by atoms with Crippen LogP contribution in [0, 0.1) is 11.8 Å². The van der Waals surface area contributed by atoms with Crippen LogP contribution in [0.1, 0.15) is 46.5 Å². The maximum Gasteiger partial charge on any atom is 0.306 e. The molecule has 1 aliphatic carbocycles. The molecule has 4 heteroatoms. The minimum absolute atomic E-state index is 0.168. The van der Waals surface area contributed by atoms with Gasteiger partial charge in [-0.3, -0.25) is 4.79 Å². The summed E-state index contributed by atoms with van der Waals surface area (Å²) in [5.41, 5.74) is -0.691. The molecule has 17 heavy (non-hydrogen) atoms. The molecule has 0 spiro atoms. The highest BCUT2D eigenvalue weighted by atomic mass is 16.4. The number of hydrogen-bond acceptors (Lipinski definition) is 3. The third-order valence-electron chi connectivity index (χ3n) is 4.07. The third-order valence-corrected chi connectivity index (χ3v) is 4.07. The number of nitrogens with one attached hydrogen (secondary N) is 1. The monoisotopic (exact) mass is 243 g/mol. The zero-order valence-electron chi connectivity index (χ0n) is 11.1. The summed E-state index contributed by atoms with van der Waals surface area (Å²) in [5.74, 6) is -0.623. The smallest absolute Gasteiger partial charge is 0.306 e. The van der Waals surface area contributed by atoms with E-state index in [-0.39, 0.29) is 11.8 Å². The maximum atomic E-state index is 10.8. The van der Waals surface area contributed by atoms with Crippen LogP contribution in [0.5, 0.6) is 0 Å². The first-order chi connectivity index (χ1) is 7.83. The van der Waals surface area contributed by atoms with Gasteiger partial charge in [-0.1, -0.05) is 13.8 Å². The molecule has 1 aliphatic rings. The van der Waals surface area contributed by atoms with E-state index in [9.17, 15) is 9.90 Å². The van der Waals surface area contributed by atoms with Gasteiger partial charge in [0, 0.05) is 12.6 Å². The first kappa shape index (κ1) is 14.5. The van der Waals surface area contributed by atoms with E-state index in [1.54, 1.807) is 0 Å². The SMILES string of the molecule is CC(C)C(C)(O)CNC1CCC(C(=O)O)CC1. The van der Waals surface area contributed by atoms with Crippen LogP contribution >= 0.6 is 0 Å². The Kier molecular flexibility index (Phi) is 4.95. The highest BCUT2D eigenvalue weighted by molar-refractivity contribution is 5.70. The van der Waals surface area contributed by atoms with Gasteiger partial charge in [-0.2, -0.15) is 0 Å². The molecule has 0 amide bonds. The molecule has 1 atom stereocenters. The second-order valence-electron chi connectivity index (χ2n) is 5.78. The van der Waals surface area contributed by atoms with Gasteiger partial charge >= 0.3 is 5.97 Å². The molecular weight excluding hydrogens is 218 g/mol. The Morgan fingerprint density at radius 1 is 1.35 bits per heavy atom. The van der Waals surface area contributed by atoms with Crippen LogP contribution in [0.15, 0.2) is 0 Å². The molecule has 0 saturated heterocycles. The minimum Gasteiger partial charge on any atom is -0.481 e. The Morgan fingerprint density at radius 2 is 1.88 bits per heavy atom. The Labute approximate surface area is 103 Å². The van der Waals surface area contributed by atoms with Gasteiger partial charge in [0.1, 0.15) is 0 Å². The molecule has 0 aromatic carbocycles. The highest BCUT2D eigenvalue weighted by Gasteiger charge is 2.29. The number of rotatable bonds is 5. The van der Waals surface area contributed by atoms with Crippen LogP contribution < -0.4 is 5.32 Å². The Balaban J connectivity index is 2.29. The van der Waals surface area contributed by atoms with Crippen molar-refractivity contribution in [3.8, 4) is 0 Å². The molecule has 0 aromatic rings. The van der Waals surface area contributed by atoms with E-state index in [2.05, 4.69) is 5.32 Å². The van der Waals surface area contributed by atoms with Gasteiger partial charge in [-0.25, -0.2) is 0 Å². The van der Waals surface area contributed by atoms with Crippen molar-refractivity contribution < 1.29 is 15.0 Å². The van der Waals surface area contributed by atoms with Gasteiger partial charge in [0.15, 0.2) is 0 Å². The fraction of sp³-hybridized carbons (Fsp3) is 0.923. The number of aliphatic carboxylic acids is 1. The van der Waals surface area contributed by atoms with Crippen LogP contribution in [-0.4, -0.2) is 34.4 Å². The fourth-order valence-electron chi connectivity index (χ4n) is 2.10. The standard InChI is InChI=1S/C13H25NO3/c1-9(2)13(3,17)8-14-11-6-4-10(5-7-11)12(15)16/h9-11,14,17H,4-8H2,1-3H3,(H,15,16). The molecule has 1 rings (SSSR count). The number of aliphatic hydroxyl groups is 1. The number of carboxylic acids is 1. The van der Waals surface area contributed by atoms with E-state index in [1.807, 2.05) is 20.8 Å². The van der Waals surface area contributed by atoms with E-state index in [4.69, 9.17) is 5.11 Å². The van der Waals surface area contributed by atoms with E-state index in [0.29, 0.717) is 12.6 Å².